The van der Waals surface area contributed by atoms with Gasteiger partial charge in [0, 0.05) is 23.9 Å². The molecule has 0 spiro atoms. The smallest absolute Gasteiger partial charge is 0.270 e. The Hall–Kier alpha value is -0.960. The highest BCUT2D eigenvalue weighted by Gasteiger charge is 2.25. The lowest BCUT2D eigenvalue weighted by molar-refractivity contribution is -0.108. The van der Waals surface area contributed by atoms with E-state index < -0.39 is 5.92 Å². The lowest BCUT2D eigenvalue weighted by Crippen LogP contribution is -2.07. The molecule has 0 heterocycles. The number of hydrogen-bond donors (Lipinski definition) is 0. The summed E-state index contributed by atoms with van der Waals surface area (Å²) in [6.45, 7) is 2.66. The third kappa shape index (κ3) is 3.01. The molecular formula is C12H13ClF2O. The van der Waals surface area contributed by atoms with Crippen LogP contribution in [0.2, 0.25) is 5.02 Å². The molecule has 0 N–H and O–H groups in total. The first kappa shape index (κ1) is 13.1. The standard InChI is InChI=1S/C12H13ClF2O/c1-8(5-6-16)10-4-3-9(7-11(10)13)12(2,14)15/h3-4,6-8H,5H2,1-2H3. The Labute approximate surface area is 98.4 Å². The summed E-state index contributed by atoms with van der Waals surface area (Å²) in [6.07, 6.45) is 1.13. The summed E-state index contributed by atoms with van der Waals surface area (Å²) in [5.74, 6) is -2.94. The van der Waals surface area contributed by atoms with Crippen molar-refractivity contribution in [1.29, 1.82) is 0 Å². The molecule has 0 saturated heterocycles. The Morgan fingerprint density at radius 1 is 1.50 bits per heavy atom. The maximum atomic E-state index is 13.0. The van der Waals surface area contributed by atoms with Gasteiger partial charge >= 0.3 is 0 Å². The van der Waals surface area contributed by atoms with Crippen LogP contribution in [0.1, 0.15) is 37.3 Å². The maximum Gasteiger partial charge on any atom is 0.270 e. The van der Waals surface area contributed by atoms with Crippen LogP contribution in [0.15, 0.2) is 18.2 Å². The molecular weight excluding hydrogens is 234 g/mol. The quantitative estimate of drug-likeness (QED) is 0.730. The van der Waals surface area contributed by atoms with Gasteiger partial charge in [0.25, 0.3) is 5.92 Å². The summed E-state index contributed by atoms with van der Waals surface area (Å²) in [4.78, 5) is 10.4. The van der Waals surface area contributed by atoms with Gasteiger partial charge in [0.1, 0.15) is 6.29 Å². The summed E-state index contributed by atoms with van der Waals surface area (Å²) in [6, 6.07) is 4.17. The molecule has 1 aromatic rings. The van der Waals surface area contributed by atoms with E-state index in [0.29, 0.717) is 6.42 Å². The number of alkyl halides is 2. The Morgan fingerprint density at radius 3 is 2.56 bits per heavy atom. The summed E-state index contributed by atoms with van der Waals surface area (Å²) < 4.78 is 26.0. The molecule has 0 aliphatic rings. The highest BCUT2D eigenvalue weighted by Crippen LogP contribution is 2.33. The van der Waals surface area contributed by atoms with Gasteiger partial charge in [-0.2, -0.15) is 0 Å². The van der Waals surface area contributed by atoms with Crippen molar-refractivity contribution in [2.24, 2.45) is 0 Å². The van der Waals surface area contributed by atoms with Crippen LogP contribution in [0, 0.1) is 0 Å². The van der Waals surface area contributed by atoms with E-state index in [4.69, 9.17) is 11.6 Å². The molecule has 0 saturated carbocycles. The number of carbonyl (C=O) groups excluding carboxylic acids is 1. The molecule has 0 aromatic heterocycles. The zero-order valence-corrected chi connectivity index (χ0v) is 9.89. The van der Waals surface area contributed by atoms with Crippen LogP contribution in [0.5, 0.6) is 0 Å². The molecule has 0 bridgehead atoms. The highest BCUT2D eigenvalue weighted by atomic mass is 35.5. The Morgan fingerprint density at radius 2 is 2.12 bits per heavy atom. The molecule has 0 aliphatic carbocycles. The fourth-order valence-corrected chi connectivity index (χ4v) is 1.84. The van der Waals surface area contributed by atoms with Gasteiger partial charge < -0.3 is 4.79 Å². The van der Waals surface area contributed by atoms with Crippen molar-refractivity contribution >= 4 is 17.9 Å². The van der Waals surface area contributed by atoms with Crippen molar-refractivity contribution in [1.82, 2.24) is 0 Å². The topological polar surface area (TPSA) is 17.1 Å². The monoisotopic (exact) mass is 246 g/mol. The zero-order chi connectivity index (χ0) is 12.3. The van der Waals surface area contributed by atoms with Crippen molar-refractivity contribution in [3.63, 3.8) is 0 Å². The third-order valence-electron chi connectivity index (χ3n) is 2.49. The maximum absolute atomic E-state index is 13.0. The Bertz CT molecular complexity index is 385. The van der Waals surface area contributed by atoms with Gasteiger partial charge in [-0.1, -0.05) is 30.7 Å². The predicted molar refractivity (Wildman–Crippen MR) is 60.1 cm³/mol. The van der Waals surface area contributed by atoms with E-state index in [1.54, 1.807) is 6.07 Å². The lowest BCUT2D eigenvalue weighted by Gasteiger charge is -2.15. The van der Waals surface area contributed by atoms with Crippen molar-refractivity contribution in [2.75, 3.05) is 0 Å². The van der Waals surface area contributed by atoms with Crippen molar-refractivity contribution in [3.8, 4) is 0 Å². The minimum absolute atomic E-state index is 0.0514. The molecule has 16 heavy (non-hydrogen) atoms. The van der Waals surface area contributed by atoms with Gasteiger partial charge in [-0.15, -0.1) is 0 Å². The lowest BCUT2D eigenvalue weighted by atomic mass is 9.96. The molecule has 1 rings (SSSR count). The van der Waals surface area contributed by atoms with Crippen LogP contribution in [0.4, 0.5) is 8.78 Å². The summed E-state index contributed by atoms with van der Waals surface area (Å²) in [5.41, 5.74) is 0.612. The largest absolute Gasteiger partial charge is 0.303 e. The van der Waals surface area contributed by atoms with Gasteiger partial charge in [-0.05, 0) is 17.5 Å². The van der Waals surface area contributed by atoms with Gasteiger partial charge in [-0.25, -0.2) is 8.78 Å². The Balaban J connectivity index is 3.05. The first-order valence-electron chi connectivity index (χ1n) is 4.97. The molecule has 1 unspecified atom stereocenters. The van der Waals surface area contributed by atoms with E-state index in [9.17, 15) is 13.6 Å². The number of rotatable bonds is 4. The average molecular weight is 247 g/mol. The SMILES string of the molecule is CC(CC=O)c1ccc(C(C)(F)F)cc1Cl. The van der Waals surface area contributed by atoms with Gasteiger partial charge in [0.15, 0.2) is 0 Å². The normalized spacial score (nSPS) is 13.6. The average Bonchev–Trinajstić information content (AvgIpc) is 2.16. The molecule has 0 radical (unpaired) electrons. The summed E-state index contributed by atoms with van der Waals surface area (Å²) >= 11 is 5.92. The molecule has 0 aliphatic heterocycles. The minimum atomic E-state index is -2.89. The van der Waals surface area contributed by atoms with Crippen LogP contribution in [-0.2, 0) is 10.7 Å². The molecule has 88 valence electrons. The van der Waals surface area contributed by atoms with Crippen LogP contribution >= 0.6 is 11.6 Å². The van der Waals surface area contributed by atoms with E-state index in [1.165, 1.54) is 12.1 Å². The van der Waals surface area contributed by atoms with E-state index in [0.717, 1.165) is 18.8 Å². The van der Waals surface area contributed by atoms with Crippen molar-refractivity contribution in [3.05, 3.63) is 34.3 Å². The van der Waals surface area contributed by atoms with Crippen LogP contribution in [-0.4, -0.2) is 6.29 Å². The minimum Gasteiger partial charge on any atom is -0.303 e. The first-order valence-corrected chi connectivity index (χ1v) is 5.35. The number of hydrogen-bond acceptors (Lipinski definition) is 1. The van der Waals surface area contributed by atoms with Gasteiger partial charge in [-0.3, -0.25) is 0 Å². The third-order valence-corrected chi connectivity index (χ3v) is 2.82. The first-order chi connectivity index (χ1) is 7.36. The predicted octanol–water partition coefficient (Wildman–Crippen LogP) is 4.14. The van der Waals surface area contributed by atoms with E-state index in [1.807, 2.05) is 6.92 Å². The second-order valence-electron chi connectivity index (χ2n) is 3.93. The van der Waals surface area contributed by atoms with Crippen LogP contribution < -0.4 is 0 Å². The molecule has 1 nitrogen and oxygen atoms in total. The number of aldehydes is 1. The molecule has 4 heteroatoms. The number of benzene rings is 1. The van der Waals surface area contributed by atoms with Crippen molar-refractivity contribution < 1.29 is 13.6 Å². The van der Waals surface area contributed by atoms with Crippen LogP contribution in [0.25, 0.3) is 0 Å². The number of carbonyl (C=O) groups is 1. The summed E-state index contributed by atoms with van der Waals surface area (Å²) in [7, 11) is 0. The fourth-order valence-electron chi connectivity index (χ4n) is 1.47. The van der Waals surface area contributed by atoms with E-state index in [-0.39, 0.29) is 16.5 Å². The van der Waals surface area contributed by atoms with Gasteiger partial charge in [0.05, 0.1) is 0 Å². The second kappa shape index (κ2) is 4.91. The van der Waals surface area contributed by atoms with E-state index in [2.05, 4.69) is 0 Å². The molecule has 0 fully saturated rings. The fraction of sp³-hybridized carbons (Fsp3) is 0.417. The molecule has 1 atom stereocenters. The van der Waals surface area contributed by atoms with Crippen LogP contribution in [0.3, 0.4) is 0 Å². The van der Waals surface area contributed by atoms with E-state index >= 15 is 0 Å². The van der Waals surface area contributed by atoms with Gasteiger partial charge in [0.2, 0.25) is 0 Å². The second-order valence-corrected chi connectivity index (χ2v) is 4.34. The molecule has 0 amide bonds. The molecule has 1 aromatic carbocycles. The van der Waals surface area contributed by atoms with Crippen molar-refractivity contribution in [2.45, 2.75) is 32.1 Å². The highest BCUT2D eigenvalue weighted by molar-refractivity contribution is 6.31. The summed E-state index contributed by atoms with van der Waals surface area (Å²) in [5, 5.41) is 0.286. The zero-order valence-electron chi connectivity index (χ0n) is 9.14. The Kier molecular flexibility index (Phi) is 4.03. The number of halogens is 3.